The lowest BCUT2D eigenvalue weighted by Crippen LogP contribution is -2.35. The van der Waals surface area contributed by atoms with Gasteiger partial charge in [-0.2, -0.15) is 9.15 Å². The Morgan fingerprint density at radius 2 is 0.661 bits per heavy atom. The monoisotopic (exact) mass is 1590 g/mol. The Bertz CT molecular complexity index is 5590. The third-order valence-electron chi connectivity index (χ3n) is 24.1. The number of hydrogen-bond acceptors (Lipinski definition) is 6. The zero-order valence-corrected chi connectivity index (χ0v) is 66.2. The zero-order valence-electron chi connectivity index (χ0n) is 63.1. The molecule has 0 fully saturated rings. The highest BCUT2D eigenvalue weighted by atomic mass is 79.9. The Morgan fingerprint density at radius 3 is 0.973 bits per heavy atom. The summed E-state index contributed by atoms with van der Waals surface area (Å²) in [6, 6.07) is 108. The number of nitro benzene ring substituents is 2. The van der Waals surface area contributed by atoms with Crippen LogP contribution in [0.1, 0.15) is 80.6 Å². The SMILES string of the molecule is CN1/C(=C/C=C/C2=[N+](Cc3ccc(C[N+]4=C(/C=C/C=C5/N(C)c6cc(Br)c([N+](=O)[O-])cc6C5(Cc5ccccc5)Cc5ccccc5)C(C)(Cc5ccccc5)c5c4ccc4ccccc54)cc3)c3ccc4ccccc4c3C2(C)Cc2ccccc2)C(Cc2ccccc2)(Cc2ccccc2)c2cc([N+](=O)[O-])c(Br)cc21. The highest BCUT2D eigenvalue weighted by molar-refractivity contribution is 9.11. The molecular formula is C100H84Br2N6O4+2. The van der Waals surface area contributed by atoms with Crippen LogP contribution in [0.3, 0.4) is 0 Å². The van der Waals surface area contributed by atoms with Crippen molar-refractivity contribution < 1.29 is 19.0 Å². The van der Waals surface area contributed by atoms with Gasteiger partial charge in [0.25, 0.3) is 11.4 Å². The Labute approximate surface area is 671 Å². The van der Waals surface area contributed by atoms with Gasteiger partial charge in [0.15, 0.2) is 24.5 Å². The number of halogens is 2. The molecule has 0 N–H and O–H groups in total. The normalized spacial score (nSPS) is 18.1. The molecule has 0 amide bonds. The first-order valence-electron chi connectivity index (χ1n) is 38.4. The van der Waals surface area contributed by atoms with E-state index in [0.29, 0.717) is 47.7 Å². The molecule has 13 aromatic rings. The van der Waals surface area contributed by atoms with E-state index >= 15 is 0 Å². The summed E-state index contributed by atoms with van der Waals surface area (Å²) in [6.45, 7) is 6.02. The minimum atomic E-state index is -0.709. The van der Waals surface area contributed by atoms with E-state index in [1.54, 1.807) is 0 Å². The van der Waals surface area contributed by atoms with Crippen molar-refractivity contribution in [3.05, 3.63) is 447 Å². The second-order valence-electron chi connectivity index (χ2n) is 31.0. The molecule has 2 atom stereocenters. The number of nitrogens with zero attached hydrogens (tertiary/aromatic N) is 6. The van der Waals surface area contributed by atoms with Crippen LogP contribution >= 0.6 is 31.9 Å². The predicted octanol–water partition coefficient (Wildman–Crippen LogP) is 23.6. The molecule has 4 aliphatic heterocycles. The van der Waals surface area contributed by atoms with Crippen LogP contribution in [0, 0.1) is 20.2 Å². The van der Waals surface area contributed by atoms with Crippen molar-refractivity contribution >= 4 is 99.0 Å². The Morgan fingerprint density at radius 1 is 0.366 bits per heavy atom. The van der Waals surface area contributed by atoms with Gasteiger partial charge >= 0.3 is 0 Å². The smallest absolute Gasteiger partial charge is 0.283 e. The molecular weight excluding hydrogens is 1510 g/mol. The van der Waals surface area contributed by atoms with E-state index < -0.39 is 21.7 Å². The lowest BCUT2D eigenvalue weighted by molar-refractivity contribution is -0.455. The number of hydrogen-bond donors (Lipinski definition) is 0. The summed E-state index contributed by atoms with van der Waals surface area (Å²) in [5, 5.41) is 30.7. The lowest BCUT2D eigenvalue weighted by Gasteiger charge is -2.33. The average Bonchev–Trinajstić information content (AvgIpc) is 1.58. The maximum absolute atomic E-state index is 12.9. The Kier molecular flexibility index (Phi) is 19.5. The van der Waals surface area contributed by atoms with E-state index in [0.717, 1.165) is 103 Å². The molecule has 0 saturated heterocycles. The summed E-state index contributed by atoms with van der Waals surface area (Å²) >= 11 is 7.27. The molecule has 0 radical (unpaired) electrons. The second kappa shape index (κ2) is 30.0. The van der Waals surface area contributed by atoms with Crippen LogP contribution in [0.4, 0.5) is 34.1 Å². The van der Waals surface area contributed by atoms with E-state index in [1.165, 1.54) is 43.8 Å². The molecule has 112 heavy (non-hydrogen) atoms. The van der Waals surface area contributed by atoms with Crippen LogP contribution in [-0.2, 0) is 73.3 Å². The third kappa shape index (κ3) is 13.2. The van der Waals surface area contributed by atoms with Gasteiger partial charge in [-0.05, 0) is 187 Å². The van der Waals surface area contributed by atoms with Crippen molar-refractivity contribution in [2.45, 2.75) is 87.1 Å². The van der Waals surface area contributed by atoms with Crippen molar-refractivity contribution in [3.8, 4) is 0 Å². The lowest BCUT2D eigenvalue weighted by atomic mass is 9.70. The fraction of sp³-hybridized carbons (Fsp3) is 0.160. The van der Waals surface area contributed by atoms with Gasteiger partial charge in [-0.15, -0.1) is 0 Å². The van der Waals surface area contributed by atoms with Crippen LogP contribution in [0.2, 0.25) is 0 Å². The summed E-state index contributed by atoms with van der Waals surface area (Å²) in [4.78, 5) is 29.8. The van der Waals surface area contributed by atoms with Gasteiger partial charge in [0.05, 0.1) is 29.6 Å². The number of nitro groups is 2. The fourth-order valence-electron chi connectivity index (χ4n) is 19.1. The van der Waals surface area contributed by atoms with Gasteiger partial charge in [0.2, 0.25) is 11.4 Å². The first-order valence-corrected chi connectivity index (χ1v) is 40.0. The molecule has 10 nitrogen and oxygen atoms in total. The third-order valence-corrected chi connectivity index (χ3v) is 25.4. The van der Waals surface area contributed by atoms with Crippen LogP contribution < -0.4 is 9.80 Å². The molecule has 13 aromatic carbocycles. The van der Waals surface area contributed by atoms with E-state index in [2.05, 4.69) is 370 Å². The predicted molar refractivity (Wildman–Crippen MR) is 463 cm³/mol. The summed E-state index contributed by atoms with van der Waals surface area (Å²) in [5.41, 5.74) is 19.9. The van der Waals surface area contributed by atoms with Gasteiger partial charge < -0.3 is 9.80 Å². The molecule has 550 valence electrons. The minimum absolute atomic E-state index is 0.0390. The number of rotatable bonds is 22. The van der Waals surface area contributed by atoms with Crippen LogP contribution in [-0.4, -0.2) is 44.5 Å². The van der Waals surface area contributed by atoms with Crippen LogP contribution in [0.25, 0.3) is 21.5 Å². The highest BCUT2D eigenvalue weighted by Crippen LogP contribution is 2.57. The van der Waals surface area contributed by atoms with Crippen molar-refractivity contribution in [3.63, 3.8) is 0 Å². The molecule has 0 aromatic heterocycles. The zero-order chi connectivity index (χ0) is 76.9. The van der Waals surface area contributed by atoms with Crippen molar-refractivity contribution in [2.75, 3.05) is 23.9 Å². The summed E-state index contributed by atoms with van der Waals surface area (Å²) in [5.74, 6) is 0. The molecule has 0 bridgehead atoms. The van der Waals surface area contributed by atoms with Crippen molar-refractivity contribution in [2.24, 2.45) is 0 Å². The molecule has 4 heterocycles. The number of allylic oxidation sites excluding steroid dienone is 8. The Hall–Kier alpha value is -12.0. The van der Waals surface area contributed by atoms with Crippen molar-refractivity contribution in [1.29, 1.82) is 0 Å². The van der Waals surface area contributed by atoms with Gasteiger partial charge in [0, 0.05) is 106 Å². The molecule has 4 aliphatic rings. The molecule has 0 spiro atoms. The number of benzene rings is 13. The van der Waals surface area contributed by atoms with Crippen LogP contribution in [0.15, 0.2) is 360 Å². The first kappa shape index (κ1) is 72.9. The van der Waals surface area contributed by atoms with E-state index in [1.807, 2.05) is 48.5 Å². The molecule has 12 heteroatoms. The quantitative estimate of drug-likeness (QED) is 0.0381. The van der Waals surface area contributed by atoms with E-state index in [9.17, 15) is 20.2 Å². The van der Waals surface area contributed by atoms with E-state index in [4.69, 9.17) is 0 Å². The number of likely N-dealkylation sites (N-methyl/N-ethyl adjacent to an activating group) is 2. The summed E-state index contributed by atoms with van der Waals surface area (Å²) < 4.78 is 5.99. The van der Waals surface area contributed by atoms with Gasteiger partial charge in [-0.3, -0.25) is 20.2 Å². The van der Waals surface area contributed by atoms with Gasteiger partial charge in [0.1, 0.15) is 0 Å². The van der Waals surface area contributed by atoms with Gasteiger partial charge in [-0.1, -0.05) is 267 Å². The largest absolute Gasteiger partial charge is 0.347 e. The van der Waals surface area contributed by atoms with Crippen molar-refractivity contribution in [1.82, 2.24) is 0 Å². The second-order valence-corrected chi connectivity index (χ2v) is 32.7. The van der Waals surface area contributed by atoms with E-state index in [-0.39, 0.29) is 21.2 Å². The molecule has 0 saturated carbocycles. The molecule has 2 unspecified atom stereocenters. The van der Waals surface area contributed by atoms with Gasteiger partial charge in [-0.25, -0.2) is 0 Å². The Balaban J connectivity index is 0.809. The summed E-state index contributed by atoms with van der Waals surface area (Å²) in [7, 11) is 4.21. The fourth-order valence-corrected chi connectivity index (χ4v) is 20.1. The topological polar surface area (TPSA) is 98.8 Å². The maximum atomic E-state index is 12.9. The number of anilines is 2. The number of fused-ring (bicyclic) bond motifs is 8. The van der Waals surface area contributed by atoms with Crippen LogP contribution in [0.5, 0.6) is 0 Å². The molecule has 0 aliphatic carbocycles. The summed E-state index contributed by atoms with van der Waals surface area (Å²) in [6.07, 6.45) is 17.7. The highest BCUT2D eigenvalue weighted by Gasteiger charge is 2.53. The standard InChI is InChI=1S/C100H84Br2N6O4/c1-97(61-69-29-11-5-12-30-69)91(45-27-47-93-99(63-71-33-15-7-16-34-71,64-72-35-17-8-18-36-72)81-57-89(107(109)110)83(101)59-87(81)103(93)3)105(85-55-53-77-41-23-25-43-79(77)95(85)97)67-75-49-51-76(52-50-75)68-106-86-56-54-78-42-24-26-44-80(78)96(86)98(2,62-70-31-13-6-14-32-70)92(106)46-28-48-94-100(65-73-37-19-9-20-38-73,66-74-39-21-10-22-40-74)82-58-90(108(111)112)84(102)60-88(82)104(94)4/h5-60H,61-68H2,1-4H3/q+2. The average molecular weight is 1590 g/mol. The molecule has 17 rings (SSSR count). The minimum Gasteiger partial charge on any atom is -0.347 e. The maximum Gasteiger partial charge on any atom is 0.283 e. The first-order chi connectivity index (χ1) is 54.5.